The van der Waals surface area contributed by atoms with Crippen LogP contribution < -0.4 is 10.6 Å². The molecule has 1 fully saturated rings. The van der Waals surface area contributed by atoms with Crippen LogP contribution >= 0.6 is 0 Å². The Bertz CT molecular complexity index is 482. The van der Waals surface area contributed by atoms with Gasteiger partial charge in [-0.15, -0.1) is 0 Å². The van der Waals surface area contributed by atoms with Crippen LogP contribution in [0.1, 0.15) is 26.2 Å². The van der Waals surface area contributed by atoms with Crippen molar-refractivity contribution in [1.82, 2.24) is 9.97 Å². The zero-order chi connectivity index (χ0) is 14.5. The molecular formula is C12H19N5O3. The third-order valence-electron chi connectivity index (χ3n) is 3.52. The lowest BCUT2D eigenvalue weighted by molar-refractivity contribution is -0.384. The van der Waals surface area contributed by atoms with Crippen molar-refractivity contribution in [3.8, 4) is 0 Å². The molecule has 1 aromatic rings. The SMILES string of the molecule is CCNc1ncc([N+](=O)[O-])c(NC2CCCC2CO)n1. The van der Waals surface area contributed by atoms with Crippen LogP contribution in [-0.2, 0) is 0 Å². The molecule has 1 aliphatic carbocycles. The van der Waals surface area contributed by atoms with Crippen molar-refractivity contribution in [2.75, 3.05) is 23.8 Å². The molecule has 110 valence electrons. The summed E-state index contributed by atoms with van der Waals surface area (Å²) < 4.78 is 0. The number of nitrogens with one attached hydrogen (secondary N) is 2. The van der Waals surface area contributed by atoms with Gasteiger partial charge >= 0.3 is 5.69 Å². The topological polar surface area (TPSA) is 113 Å². The molecule has 0 aliphatic heterocycles. The molecule has 20 heavy (non-hydrogen) atoms. The lowest BCUT2D eigenvalue weighted by Crippen LogP contribution is -2.27. The molecule has 0 amide bonds. The van der Waals surface area contributed by atoms with Crippen LogP contribution in [0, 0.1) is 16.0 Å². The number of anilines is 2. The van der Waals surface area contributed by atoms with E-state index in [1.807, 2.05) is 6.92 Å². The van der Waals surface area contributed by atoms with Crippen LogP contribution in [0.4, 0.5) is 17.5 Å². The molecule has 0 aromatic carbocycles. The van der Waals surface area contributed by atoms with Gasteiger partial charge in [-0.25, -0.2) is 4.98 Å². The Morgan fingerprint density at radius 3 is 3.00 bits per heavy atom. The lowest BCUT2D eigenvalue weighted by Gasteiger charge is -2.19. The molecule has 0 radical (unpaired) electrons. The maximum absolute atomic E-state index is 11.0. The van der Waals surface area contributed by atoms with E-state index in [9.17, 15) is 15.2 Å². The second kappa shape index (κ2) is 6.47. The number of aliphatic hydroxyl groups is 1. The number of nitro groups is 1. The summed E-state index contributed by atoms with van der Waals surface area (Å²) in [6, 6.07) is 0.0167. The van der Waals surface area contributed by atoms with Gasteiger partial charge in [-0.3, -0.25) is 10.1 Å². The van der Waals surface area contributed by atoms with E-state index in [0.29, 0.717) is 12.5 Å². The monoisotopic (exact) mass is 281 g/mol. The second-order valence-electron chi connectivity index (χ2n) is 4.84. The van der Waals surface area contributed by atoms with E-state index in [-0.39, 0.29) is 30.1 Å². The summed E-state index contributed by atoms with van der Waals surface area (Å²) in [4.78, 5) is 18.6. The predicted octanol–water partition coefficient (Wildman–Crippen LogP) is 1.39. The van der Waals surface area contributed by atoms with Crippen LogP contribution in [0.25, 0.3) is 0 Å². The average molecular weight is 281 g/mol. The van der Waals surface area contributed by atoms with E-state index in [4.69, 9.17) is 0 Å². The summed E-state index contributed by atoms with van der Waals surface area (Å²) in [5.74, 6) is 0.692. The van der Waals surface area contributed by atoms with Crippen molar-refractivity contribution < 1.29 is 10.0 Å². The van der Waals surface area contributed by atoms with E-state index < -0.39 is 4.92 Å². The first-order chi connectivity index (χ1) is 9.65. The van der Waals surface area contributed by atoms with Crippen LogP contribution in [0.3, 0.4) is 0 Å². The number of hydrogen-bond acceptors (Lipinski definition) is 7. The fourth-order valence-corrected chi connectivity index (χ4v) is 2.48. The van der Waals surface area contributed by atoms with Crippen LogP contribution in [0.15, 0.2) is 6.20 Å². The Morgan fingerprint density at radius 2 is 2.35 bits per heavy atom. The summed E-state index contributed by atoms with van der Waals surface area (Å²) in [7, 11) is 0. The van der Waals surface area contributed by atoms with Crippen molar-refractivity contribution in [3.63, 3.8) is 0 Å². The molecule has 0 spiro atoms. The summed E-state index contributed by atoms with van der Waals surface area (Å²) in [5, 5.41) is 26.4. The Kier molecular flexibility index (Phi) is 4.67. The quantitative estimate of drug-likeness (QED) is 0.533. The van der Waals surface area contributed by atoms with Crippen LogP contribution in [0.2, 0.25) is 0 Å². The molecule has 1 heterocycles. The van der Waals surface area contributed by atoms with E-state index in [0.717, 1.165) is 19.3 Å². The van der Waals surface area contributed by atoms with Crippen molar-refractivity contribution >= 4 is 17.5 Å². The molecule has 3 N–H and O–H groups in total. The van der Waals surface area contributed by atoms with Crippen LogP contribution in [0.5, 0.6) is 0 Å². The maximum Gasteiger partial charge on any atom is 0.329 e. The minimum atomic E-state index is -0.499. The molecular weight excluding hydrogens is 262 g/mol. The van der Waals surface area contributed by atoms with E-state index in [1.165, 1.54) is 6.20 Å². The fraction of sp³-hybridized carbons (Fsp3) is 0.667. The van der Waals surface area contributed by atoms with Crippen LogP contribution in [-0.4, -0.2) is 39.2 Å². The Morgan fingerprint density at radius 1 is 1.55 bits per heavy atom. The van der Waals surface area contributed by atoms with Gasteiger partial charge in [0.1, 0.15) is 6.20 Å². The molecule has 0 saturated heterocycles. The highest BCUT2D eigenvalue weighted by atomic mass is 16.6. The standard InChI is InChI=1S/C12H19N5O3/c1-2-13-12-14-6-10(17(19)20)11(16-12)15-9-5-3-4-8(9)7-18/h6,8-9,18H,2-5,7H2,1H3,(H2,13,14,15,16). The summed E-state index contributed by atoms with van der Waals surface area (Å²) in [5.41, 5.74) is -0.143. The molecule has 2 unspecified atom stereocenters. The normalized spacial score (nSPS) is 21.7. The van der Waals surface area contributed by atoms with E-state index in [2.05, 4.69) is 20.6 Å². The average Bonchev–Trinajstić information content (AvgIpc) is 2.86. The molecule has 1 saturated carbocycles. The maximum atomic E-state index is 11.0. The largest absolute Gasteiger partial charge is 0.396 e. The van der Waals surface area contributed by atoms with E-state index in [1.54, 1.807) is 0 Å². The number of rotatable bonds is 6. The summed E-state index contributed by atoms with van der Waals surface area (Å²) >= 11 is 0. The van der Waals surface area contributed by atoms with Crippen molar-refractivity contribution in [1.29, 1.82) is 0 Å². The fourth-order valence-electron chi connectivity index (χ4n) is 2.48. The number of aliphatic hydroxyl groups excluding tert-OH is 1. The third-order valence-corrected chi connectivity index (χ3v) is 3.52. The first kappa shape index (κ1) is 14.4. The van der Waals surface area contributed by atoms with Gasteiger partial charge in [0.2, 0.25) is 11.8 Å². The minimum absolute atomic E-state index is 0.0167. The van der Waals surface area contributed by atoms with Gasteiger partial charge in [0.05, 0.1) is 4.92 Å². The third kappa shape index (κ3) is 3.13. The molecule has 8 heteroatoms. The molecule has 1 aliphatic rings. The summed E-state index contributed by atoms with van der Waals surface area (Å²) in [6.07, 6.45) is 4.01. The van der Waals surface area contributed by atoms with Gasteiger partial charge in [0, 0.05) is 25.1 Å². The number of hydrogen-bond donors (Lipinski definition) is 3. The van der Waals surface area contributed by atoms with E-state index >= 15 is 0 Å². The Balaban J connectivity index is 2.23. The lowest BCUT2D eigenvalue weighted by atomic mass is 10.1. The first-order valence-corrected chi connectivity index (χ1v) is 6.78. The smallest absolute Gasteiger partial charge is 0.329 e. The van der Waals surface area contributed by atoms with Crippen molar-refractivity contribution in [2.24, 2.45) is 5.92 Å². The van der Waals surface area contributed by atoms with Gasteiger partial charge in [-0.05, 0) is 19.8 Å². The van der Waals surface area contributed by atoms with Gasteiger partial charge in [-0.2, -0.15) is 4.98 Å². The molecule has 2 atom stereocenters. The predicted molar refractivity (Wildman–Crippen MR) is 74.7 cm³/mol. The van der Waals surface area contributed by atoms with Gasteiger partial charge in [0.25, 0.3) is 0 Å². The Hall–Kier alpha value is -1.96. The number of nitrogens with zero attached hydrogens (tertiary/aromatic N) is 3. The molecule has 8 nitrogen and oxygen atoms in total. The van der Waals surface area contributed by atoms with Gasteiger partial charge < -0.3 is 15.7 Å². The highest BCUT2D eigenvalue weighted by Crippen LogP contribution is 2.30. The van der Waals surface area contributed by atoms with Crippen molar-refractivity contribution in [2.45, 2.75) is 32.2 Å². The minimum Gasteiger partial charge on any atom is -0.396 e. The highest BCUT2D eigenvalue weighted by Gasteiger charge is 2.29. The number of aromatic nitrogens is 2. The highest BCUT2D eigenvalue weighted by molar-refractivity contribution is 5.57. The zero-order valence-corrected chi connectivity index (χ0v) is 11.4. The summed E-state index contributed by atoms with van der Waals surface area (Å²) in [6.45, 7) is 2.62. The van der Waals surface area contributed by atoms with Gasteiger partial charge in [-0.1, -0.05) is 6.42 Å². The molecule has 0 bridgehead atoms. The molecule has 1 aromatic heterocycles. The zero-order valence-electron chi connectivity index (χ0n) is 11.4. The molecule has 2 rings (SSSR count). The first-order valence-electron chi connectivity index (χ1n) is 6.78. The Labute approximate surface area is 116 Å². The second-order valence-corrected chi connectivity index (χ2v) is 4.84. The van der Waals surface area contributed by atoms with Gasteiger partial charge in [0.15, 0.2) is 0 Å². The van der Waals surface area contributed by atoms with Crippen molar-refractivity contribution in [3.05, 3.63) is 16.3 Å².